The third kappa shape index (κ3) is 3.89. The first-order valence-corrected chi connectivity index (χ1v) is 11.9. The van der Waals surface area contributed by atoms with Gasteiger partial charge in [0.05, 0.1) is 18.5 Å². The molecule has 1 saturated heterocycles. The average molecular weight is 472 g/mol. The number of nitrogens with one attached hydrogen (secondary N) is 2. The maximum atomic E-state index is 6.29. The summed E-state index contributed by atoms with van der Waals surface area (Å²) in [6, 6.07) is 20.4. The third-order valence-electron chi connectivity index (χ3n) is 6.66. The molecule has 0 bridgehead atoms. The van der Waals surface area contributed by atoms with Gasteiger partial charge in [0.15, 0.2) is 0 Å². The zero-order valence-electron chi connectivity index (χ0n) is 19.0. The lowest BCUT2D eigenvalue weighted by atomic mass is 10.1. The van der Waals surface area contributed by atoms with Crippen molar-refractivity contribution < 1.29 is 4.74 Å². The smallest absolute Gasteiger partial charge is 0.138 e. The Hall–Kier alpha value is -3.48. The van der Waals surface area contributed by atoms with Gasteiger partial charge in [-0.25, -0.2) is 4.99 Å². The van der Waals surface area contributed by atoms with Gasteiger partial charge in [-0.15, -0.1) is 0 Å². The van der Waals surface area contributed by atoms with E-state index in [0.717, 1.165) is 72.5 Å². The summed E-state index contributed by atoms with van der Waals surface area (Å²) in [5.41, 5.74) is 6.47. The van der Waals surface area contributed by atoms with Gasteiger partial charge in [0, 0.05) is 66.1 Å². The van der Waals surface area contributed by atoms with E-state index < -0.39 is 0 Å². The van der Waals surface area contributed by atoms with Gasteiger partial charge >= 0.3 is 0 Å². The maximum absolute atomic E-state index is 6.29. The van der Waals surface area contributed by atoms with Crippen LogP contribution in [0.25, 0.3) is 10.9 Å². The number of rotatable bonds is 3. The fraction of sp³-hybridized carbons (Fsp3) is 0.222. The van der Waals surface area contributed by atoms with Crippen LogP contribution in [0, 0.1) is 0 Å². The van der Waals surface area contributed by atoms with Crippen molar-refractivity contribution >= 4 is 45.4 Å². The highest BCUT2D eigenvalue weighted by atomic mass is 35.5. The number of ether oxygens (including phenoxy) is 1. The fourth-order valence-corrected chi connectivity index (χ4v) is 4.99. The minimum absolute atomic E-state index is 0.690. The summed E-state index contributed by atoms with van der Waals surface area (Å²) in [7, 11) is 1.71. The summed E-state index contributed by atoms with van der Waals surface area (Å²) in [5.74, 6) is 1.89. The molecule has 4 aromatic rings. The van der Waals surface area contributed by atoms with Crippen LogP contribution < -0.4 is 10.1 Å². The van der Waals surface area contributed by atoms with Crippen molar-refractivity contribution in [2.75, 3.05) is 38.6 Å². The van der Waals surface area contributed by atoms with Crippen molar-refractivity contribution in [3.63, 3.8) is 0 Å². The van der Waals surface area contributed by atoms with Crippen LogP contribution in [0.5, 0.6) is 5.75 Å². The molecule has 6 rings (SSSR count). The van der Waals surface area contributed by atoms with E-state index >= 15 is 0 Å². The van der Waals surface area contributed by atoms with E-state index in [4.69, 9.17) is 21.3 Å². The van der Waals surface area contributed by atoms with Crippen LogP contribution in [-0.4, -0.2) is 53.9 Å². The third-order valence-corrected chi connectivity index (χ3v) is 6.90. The van der Waals surface area contributed by atoms with Crippen molar-refractivity contribution in [2.45, 2.75) is 6.54 Å². The van der Waals surface area contributed by atoms with Crippen LogP contribution in [0.2, 0.25) is 5.02 Å². The number of aromatic amines is 1. The van der Waals surface area contributed by atoms with Gasteiger partial charge in [0.1, 0.15) is 11.6 Å². The Bertz CT molecular complexity index is 1390. The molecule has 1 aromatic heterocycles. The quantitative estimate of drug-likeness (QED) is 0.397. The first kappa shape index (κ1) is 21.1. The van der Waals surface area contributed by atoms with Gasteiger partial charge in [-0.2, -0.15) is 0 Å². The van der Waals surface area contributed by atoms with E-state index in [-0.39, 0.29) is 0 Å². The summed E-state index contributed by atoms with van der Waals surface area (Å²) in [6.45, 7) is 4.66. The molecule has 172 valence electrons. The molecule has 7 heteroatoms. The first-order valence-electron chi connectivity index (χ1n) is 11.5. The number of para-hydroxylation sites is 1. The van der Waals surface area contributed by atoms with Crippen molar-refractivity contribution in [1.82, 2.24) is 14.8 Å². The Kier molecular flexibility index (Phi) is 5.40. The number of hydrogen-bond acceptors (Lipinski definition) is 5. The lowest BCUT2D eigenvalue weighted by Gasteiger charge is -2.36. The summed E-state index contributed by atoms with van der Waals surface area (Å²) in [6.07, 6.45) is 2.12. The Morgan fingerprint density at radius 2 is 1.82 bits per heavy atom. The molecular weight excluding hydrogens is 446 g/mol. The molecular formula is C27H26ClN5O. The number of aromatic nitrogens is 1. The highest BCUT2D eigenvalue weighted by molar-refractivity contribution is 6.31. The number of hydrogen-bond donors (Lipinski definition) is 2. The maximum Gasteiger partial charge on any atom is 0.138 e. The highest BCUT2D eigenvalue weighted by Crippen LogP contribution is 2.36. The lowest BCUT2D eigenvalue weighted by molar-refractivity contribution is 0.176. The second kappa shape index (κ2) is 8.70. The molecule has 0 spiro atoms. The molecule has 2 N–H and O–H groups in total. The van der Waals surface area contributed by atoms with Crippen LogP contribution in [0.3, 0.4) is 0 Å². The second-order valence-electron chi connectivity index (χ2n) is 8.76. The standard InChI is InChI=1S/C27H26ClN5O/c1-34-20-7-9-23-22(15-20)18(16-29-23)17-32-10-12-33(13-11-32)27-21-4-2-3-5-24(21)30-25-8-6-19(28)14-26(25)31-27/h2-9,14-16,29-30H,10-13,17H2,1H3. The molecule has 0 atom stereocenters. The highest BCUT2D eigenvalue weighted by Gasteiger charge is 2.25. The van der Waals surface area contributed by atoms with Crippen LogP contribution in [0.4, 0.5) is 17.1 Å². The second-order valence-corrected chi connectivity index (χ2v) is 9.19. The summed E-state index contributed by atoms with van der Waals surface area (Å²) < 4.78 is 5.43. The molecule has 6 nitrogen and oxygen atoms in total. The number of H-pyrrole nitrogens is 1. The number of methoxy groups -OCH3 is 1. The van der Waals surface area contributed by atoms with Gasteiger partial charge in [0.25, 0.3) is 0 Å². The van der Waals surface area contributed by atoms with Gasteiger partial charge in [-0.3, -0.25) is 4.90 Å². The largest absolute Gasteiger partial charge is 0.497 e. The summed E-state index contributed by atoms with van der Waals surface area (Å²) in [4.78, 5) is 13.4. The Morgan fingerprint density at radius 1 is 0.971 bits per heavy atom. The number of amidine groups is 1. The monoisotopic (exact) mass is 471 g/mol. The van der Waals surface area contributed by atoms with Gasteiger partial charge < -0.3 is 19.9 Å². The van der Waals surface area contributed by atoms with E-state index in [1.165, 1.54) is 10.9 Å². The lowest BCUT2D eigenvalue weighted by Crippen LogP contribution is -2.48. The minimum Gasteiger partial charge on any atom is -0.497 e. The summed E-state index contributed by atoms with van der Waals surface area (Å²) >= 11 is 6.29. The Morgan fingerprint density at radius 3 is 2.68 bits per heavy atom. The first-order chi connectivity index (χ1) is 16.7. The number of benzene rings is 3. The topological polar surface area (TPSA) is 55.9 Å². The number of nitrogens with zero attached hydrogens (tertiary/aromatic N) is 3. The molecule has 3 heterocycles. The zero-order chi connectivity index (χ0) is 23.1. The fourth-order valence-electron chi connectivity index (χ4n) is 4.82. The van der Waals surface area contributed by atoms with E-state index in [1.54, 1.807) is 7.11 Å². The predicted molar refractivity (Wildman–Crippen MR) is 139 cm³/mol. The van der Waals surface area contributed by atoms with E-state index in [1.807, 2.05) is 24.3 Å². The normalized spacial score (nSPS) is 15.8. The molecule has 34 heavy (non-hydrogen) atoms. The SMILES string of the molecule is COc1ccc2[nH]cc(CN3CCN(C4=Nc5cc(Cl)ccc5Nc5ccccc54)CC3)c2c1. The van der Waals surface area contributed by atoms with Crippen LogP contribution in [-0.2, 0) is 6.54 Å². The molecule has 0 unspecified atom stereocenters. The molecule has 2 aliphatic rings. The van der Waals surface area contributed by atoms with Gasteiger partial charge in [-0.1, -0.05) is 23.7 Å². The number of piperazine rings is 1. The van der Waals surface area contributed by atoms with Crippen LogP contribution in [0.1, 0.15) is 11.1 Å². The molecule has 3 aromatic carbocycles. The predicted octanol–water partition coefficient (Wildman–Crippen LogP) is 5.78. The molecule has 0 amide bonds. The number of halogens is 1. The molecule has 0 saturated carbocycles. The van der Waals surface area contributed by atoms with E-state index in [2.05, 4.69) is 62.7 Å². The van der Waals surface area contributed by atoms with Gasteiger partial charge in [-0.05, 0) is 54.1 Å². The van der Waals surface area contributed by atoms with Crippen LogP contribution >= 0.6 is 11.6 Å². The van der Waals surface area contributed by atoms with Crippen molar-refractivity contribution in [1.29, 1.82) is 0 Å². The van der Waals surface area contributed by atoms with E-state index in [9.17, 15) is 0 Å². The van der Waals surface area contributed by atoms with Crippen molar-refractivity contribution in [3.05, 3.63) is 83.0 Å². The molecule has 1 fully saturated rings. The average Bonchev–Trinajstić information content (AvgIpc) is 3.18. The molecule has 0 radical (unpaired) electrons. The van der Waals surface area contributed by atoms with E-state index in [0.29, 0.717) is 5.02 Å². The zero-order valence-corrected chi connectivity index (χ0v) is 19.8. The molecule has 0 aliphatic carbocycles. The minimum atomic E-state index is 0.690. The van der Waals surface area contributed by atoms with Gasteiger partial charge in [0.2, 0.25) is 0 Å². The number of fused-ring (bicyclic) bond motifs is 3. The van der Waals surface area contributed by atoms with Crippen molar-refractivity contribution in [2.24, 2.45) is 4.99 Å². The van der Waals surface area contributed by atoms with Crippen molar-refractivity contribution in [3.8, 4) is 5.75 Å². The number of anilines is 2. The summed E-state index contributed by atoms with van der Waals surface area (Å²) in [5, 5.41) is 5.46. The Balaban J connectivity index is 1.24. The molecule has 2 aliphatic heterocycles. The van der Waals surface area contributed by atoms with Crippen LogP contribution in [0.15, 0.2) is 71.9 Å². The Labute approximate surface area is 203 Å². The number of aliphatic imine (C=N–C) groups is 1.